The monoisotopic (exact) mass is 250 g/mol. The second kappa shape index (κ2) is 6.40. The molecule has 2 aliphatic carbocycles. The zero-order chi connectivity index (χ0) is 13.0. The predicted octanol–water partition coefficient (Wildman–Crippen LogP) is 3.96. The minimum absolute atomic E-state index is 0.0925. The van der Waals surface area contributed by atoms with Crippen LogP contribution in [0.5, 0.6) is 0 Å². The van der Waals surface area contributed by atoms with Crippen molar-refractivity contribution in [1.82, 2.24) is 0 Å². The van der Waals surface area contributed by atoms with Crippen molar-refractivity contribution in [2.45, 2.75) is 51.9 Å². The summed E-state index contributed by atoms with van der Waals surface area (Å²) in [5, 5.41) is 0. The lowest BCUT2D eigenvalue weighted by atomic mass is 9.78. The number of hydrogen-bond acceptors (Lipinski definition) is 2. The number of allylic oxidation sites excluding steroid dienone is 2. The maximum atomic E-state index is 10.9. The first-order chi connectivity index (χ1) is 8.72. The van der Waals surface area contributed by atoms with Gasteiger partial charge in [-0.05, 0) is 62.2 Å². The zero-order valence-electron chi connectivity index (χ0n) is 11.7. The van der Waals surface area contributed by atoms with E-state index in [2.05, 4.69) is 23.8 Å². The Kier molecular flexibility index (Phi) is 4.85. The van der Waals surface area contributed by atoms with E-state index >= 15 is 0 Å². The van der Waals surface area contributed by atoms with Crippen LogP contribution in [0.3, 0.4) is 0 Å². The number of methoxy groups -OCH3 is 1. The molecule has 2 saturated carbocycles. The van der Waals surface area contributed by atoms with Gasteiger partial charge in [-0.25, -0.2) is 0 Å². The van der Waals surface area contributed by atoms with Crippen LogP contribution >= 0.6 is 0 Å². The van der Waals surface area contributed by atoms with Crippen LogP contribution in [0.4, 0.5) is 0 Å². The van der Waals surface area contributed by atoms with Crippen molar-refractivity contribution in [2.24, 2.45) is 23.7 Å². The molecule has 2 bridgehead atoms. The summed E-state index contributed by atoms with van der Waals surface area (Å²) in [7, 11) is 1.45. The van der Waals surface area contributed by atoms with E-state index in [0.29, 0.717) is 6.42 Å². The van der Waals surface area contributed by atoms with E-state index in [1.165, 1.54) is 32.8 Å². The van der Waals surface area contributed by atoms with Crippen LogP contribution in [0.25, 0.3) is 0 Å². The first kappa shape index (κ1) is 13.6. The molecule has 2 nitrogen and oxygen atoms in total. The fraction of sp³-hybridized carbons (Fsp3) is 0.812. The van der Waals surface area contributed by atoms with Crippen molar-refractivity contribution in [1.29, 1.82) is 0 Å². The van der Waals surface area contributed by atoms with Crippen LogP contribution in [0.2, 0.25) is 0 Å². The average molecular weight is 250 g/mol. The van der Waals surface area contributed by atoms with Crippen LogP contribution in [0.1, 0.15) is 51.9 Å². The SMILES string of the molecule is COC(=O)CCC/C=C\C[C@@H]1[C@@H]2CC[C@@H](C2)[C@H]1C. The Morgan fingerprint density at radius 1 is 1.28 bits per heavy atom. The molecule has 4 atom stereocenters. The Morgan fingerprint density at radius 2 is 2.06 bits per heavy atom. The van der Waals surface area contributed by atoms with Gasteiger partial charge in [0.25, 0.3) is 0 Å². The number of hydrogen-bond donors (Lipinski definition) is 0. The summed E-state index contributed by atoms with van der Waals surface area (Å²) in [5.41, 5.74) is 0. The largest absolute Gasteiger partial charge is 0.469 e. The Hall–Kier alpha value is -0.790. The van der Waals surface area contributed by atoms with Crippen LogP contribution < -0.4 is 0 Å². The Balaban J connectivity index is 1.61. The zero-order valence-corrected chi connectivity index (χ0v) is 11.7. The second-order valence-electron chi connectivity index (χ2n) is 6.03. The van der Waals surface area contributed by atoms with E-state index in [1.807, 2.05) is 0 Å². The van der Waals surface area contributed by atoms with Gasteiger partial charge in [0.2, 0.25) is 0 Å². The fourth-order valence-electron chi connectivity index (χ4n) is 3.94. The molecule has 18 heavy (non-hydrogen) atoms. The summed E-state index contributed by atoms with van der Waals surface area (Å²) in [5.74, 6) is 3.80. The molecule has 2 aliphatic rings. The Labute approximate surface area is 111 Å². The maximum Gasteiger partial charge on any atom is 0.305 e. The normalized spacial score (nSPS) is 34.3. The van der Waals surface area contributed by atoms with Crippen molar-refractivity contribution in [3.8, 4) is 0 Å². The molecule has 2 fully saturated rings. The highest BCUT2D eigenvalue weighted by Gasteiger charge is 2.44. The van der Waals surface area contributed by atoms with Crippen LogP contribution in [-0.2, 0) is 9.53 Å². The van der Waals surface area contributed by atoms with Crippen molar-refractivity contribution in [3.05, 3.63) is 12.2 Å². The predicted molar refractivity (Wildman–Crippen MR) is 73.1 cm³/mol. The van der Waals surface area contributed by atoms with Gasteiger partial charge < -0.3 is 4.74 Å². The Morgan fingerprint density at radius 3 is 2.72 bits per heavy atom. The van der Waals surface area contributed by atoms with Gasteiger partial charge in [-0.15, -0.1) is 0 Å². The number of carbonyl (C=O) groups is 1. The van der Waals surface area contributed by atoms with E-state index in [4.69, 9.17) is 0 Å². The molecule has 0 aliphatic heterocycles. The fourth-order valence-corrected chi connectivity index (χ4v) is 3.94. The molecule has 0 aromatic heterocycles. The molecule has 0 radical (unpaired) electrons. The lowest BCUT2D eigenvalue weighted by molar-refractivity contribution is -0.140. The number of rotatable bonds is 6. The van der Waals surface area contributed by atoms with Crippen molar-refractivity contribution in [3.63, 3.8) is 0 Å². The number of esters is 1. The molecular weight excluding hydrogens is 224 g/mol. The molecule has 0 aromatic rings. The van der Waals surface area contributed by atoms with Crippen LogP contribution in [-0.4, -0.2) is 13.1 Å². The van der Waals surface area contributed by atoms with Crippen LogP contribution in [0, 0.1) is 23.7 Å². The number of fused-ring (bicyclic) bond motifs is 2. The standard InChI is InChI=1S/C16H26O2/c1-12-13-9-10-14(11-13)15(12)7-5-3-4-6-8-16(17)18-2/h3,5,12-15H,4,6-11H2,1-2H3/b5-3-/t12-,13+,14-,15+/m1/s1. The van der Waals surface area contributed by atoms with Crippen LogP contribution in [0.15, 0.2) is 12.2 Å². The van der Waals surface area contributed by atoms with E-state index in [9.17, 15) is 4.79 Å². The third kappa shape index (κ3) is 3.15. The van der Waals surface area contributed by atoms with Gasteiger partial charge in [0.05, 0.1) is 7.11 Å². The molecule has 0 unspecified atom stereocenters. The molecule has 0 heterocycles. The summed E-state index contributed by atoms with van der Waals surface area (Å²) >= 11 is 0. The molecule has 0 N–H and O–H groups in total. The van der Waals surface area contributed by atoms with E-state index in [1.54, 1.807) is 0 Å². The second-order valence-corrected chi connectivity index (χ2v) is 6.03. The average Bonchev–Trinajstić information content (AvgIpc) is 2.95. The summed E-state index contributed by atoms with van der Waals surface area (Å²) in [6.45, 7) is 2.44. The molecule has 0 amide bonds. The third-order valence-corrected chi connectivity index (χ3v) is 5.09. The topological polar surface area (TPSA) is 26.3 Å². The summed E-state index contributed by atoms with van der Waals surface area (Å²) in [6, 6.07) is 0. The molecule has 2 rings (SSSR count). The highest BCUT2D eigenvalue weighted by atomic mass is 16.5. The molecule has 0 aromatic carbocycles. The minimum Gasteiger partial charge on any atom is -0.469 e. The van der Waals surface area contributed by atoms with Gasteiger partial charge in [-0.3, -0.25) is 4.79 Å². The summed E-state index contributed by atoms with van der Waals surface area (Å²) in [4.78, 5) is 10.9. The van der Waals surface area contributed by atoms with Gasteiger partial charge in [0, 0.05) is 6.42 Å². The number of unbranched alkanes of at least 4 members (excludes halogenated alkanes) is 1. The molecule has 0 spiro atoms. The molecule has 102 valence electrons. The summed E-state index contributed by atoms with van der Waals surface area (Å²) in [6.07, 6.45) is 12.7. The van der Waals surface area contributed by atoms with Crippen molar-refractivity contribution in [2.75, 3.05) is 7.11 Å². The number of carbonyl (C=O) groups excluding carboxylic acids is 1. The third-order valence-electron chi connectivity index (χ3n) is 5.09. The maximum absolute atomic E-state index is 10.9. The lowest BCUT2D eigenvalue weighted by Crippen LogP contribution is -2.18. The number of ether oxygens (including phenoxy) is 1. The molecular formula is C16H26O2. The minimum atomic E-state index is -0.0925. The van der Waals surface area contributed by atoms with E-state index in [-0.39, 0.29) is 5.97 Å². The lowest BCUT2D eigenvalue weighted by Gasteiger charge is -2.27. The van der Waals surface area contributed by atoms with Crippen molar-refractivity contribution >= 4 is 5.97 Å². The van der Waals surface area contributed by atoms with Gasteiger partial charge in [-0.2, -0.15) is 0 Å². The quantitative estimate of drug-likeness (QED) is 0.405. The van der Waals surface area contributed by atoms with E-state index in [0.717, 1.165) is 36.5 Å². The van der Waals surface area contributed by atoms with Gasteiger partial charge in [-0.1, -0.05) is 19.1 Å². The first-order valence-corrected chi connectivity index (χ1v) is 7.44. The van der Waals surface area contributed by atoms with Gasteiger partial charge in [0.1, 0.15) is 0 Å². The Bertz CT molecular complexity index is 306. The van der Waals surface area contributed by atoms with Gasteiger partial charge >= 0.3 is 5.97 Å². The summed E-state index contributed by atoms with van der Waals surface area (Å²) < 4.78 is 4.62. The molecule has 2 heteroatoms. The van der Waals surface area contributed by atoms with E-state index < -0.39 is 0 Å². The first-order valence-electron chi connectivity index (χ1n) is 7.44. The molecule has 0 saturated heterocycles. The van der Waals surface area contributed by atoms with Gasteiger partial charge in [0.15, 0.2) is 0 Å². The van der Waals surface area contributed by atoms with Crippen molar-refractivity contribution < 1.29 is 9.53 Å². The smallest absolute Gasteiger partial charge is 0.305 e. The highest BCUT2D eigenvalue weighted by molar-refractivity contribution is 5.68. The highest BCUT2D eigenvalue weighted by Crippen LogP contribution is 2.53.